The van der Waals surface area contributed by atoms with Crippen molar-refractivity contribution in [2.75, 3.05) is 19.7 Å². The van der Waals surface area contributed by atoms with Crippen molar-refractivity contribution >= 4 is 11.9 Å². The van der Waals surface area contributed by atoms with E-state index in [1.54, 1.807) is 11.8 Å². The maximum Gasteiger partial charge on any atom is 0.311 e. The maximum atomic E-state index is 12.5. The lowest BCUT2D eigenvalue weighted by atomic mass is 9.90. The molecule has 2 aliphatic heterocycles. The molecule has 1 amide bonds. The Morgan fingerprint density at radius 2 is 2.11 bits per heavy atom. The van der Waals surface area contributed by atoms with Gasteiger partial charge in [0, 0.05) is 19.7 Å². The lowest BCUT2D eigenvalue weighted by Gasteiger charge is -2.27. The number of amides is 1. The zero-order valence-corrected chi connectivity index (χ0v) is 11.9. The van der Waals surface area contributed by atoms with Crippen molar-refractivity contribution in [1.29, 1.82) is 0 Å². The van der Waals surface area contributed by atoms with Crippen LogP contribution in [-0.2, 0) is 14.3 Å². The van der Waals surface area contributed by atoms with E-state index in [0.29, 0.717) is 32.0 Å². The van der Waals surface area contributed by atoms with E-state index in [4.69, 9.17) is 4.74 Å². The Kier molecular flexibility index (Phi) is 3.85. The highest BCUT2D eigenvalue weighted by molar-refractivity contribution is 5.82. The van der Waals surface area contributed by atoms with Gasteiger partial charge in [-0.1, -0.05) is 13.8 Å². The van der Waals surface area contributed by atoms with Gasteiger partial charge in [-0.3, -0.25) is 9.59 Å². The van der Waals surface area contributed by atoms with Gasteiger partial charge in [0.05, 0.1) is 17.4 Å². The van der Waals surface area contributed by atoms with E-state index in [-0.39, 0.29) is 17.9 Å². The number of likely N-dealkylation sites (tertiary alicyclic amines) is 1. The van der Waals surface area contributed by atoms with Crippen LogP contribution in [0.2, 0.25) is 0 Å². The molecule has 0 spiro atoms. The molecule has 2 aliphatic rings. The first kappa shape index (κ1) is 14.3. The van der Waals surface area contributed by atoms with Crippen LogP contribution in [0.5, 0.6) is 0 Å². The van der Waals surface area contributed by atoms with Crippen molar-refractivity contribution in [2.24, 2.45) is 17.3 Å². The normalized spacial score (nSPS) is 35.1. The summed E-state index contributed by atoms with van der Waals surface area (Å²) in [6, 6.07) is 0. The number of carbonyl (C=O) groups excluding carboxylic acids is 1. The van der Waals surface area contributed by atoms with E-state index >= 15 is 0 Å². The number of aliphatic carboxylic acids is 1. The monoisotopic (exact) mass is 269 g/mol. The highest BCUT2D eigenvalue weighted by Gasteiger charge is 2.45. The molecule has 1 N–H and O–H groups in total. The largest absolute Gasteiger partial charge is 0.481 e. The van der Waals surface area contributed by atoms with Crippen molar-refractivity contribution in [2.45, 2.75) is 39.7 Å². The molecule has 3 atom stereocenters. The molecule has 0 radical (unpaired) electrons. The summed E-state index contributed by atoms with van der Waals surface area (Å²) in [5, 5.41) is 9.21. The molecule has 19 heavy (non-hydrogen) atoms. The summed E-state index contributed by atoms with van der Waals surface area (Å²) in [4.78, 5) is 25.5. The molecular weight excluding hydrogens is 246 g/mol. The van der Waals surface area contributed by atoms with Crippen molar-refractivity contribution in [3.63, 3.8) is 0 Å². The third kappa shape index (κ3) is 2.61. The van der Waals surface area contributed by atoms with Gasteiger partial charge in [-0.15, -0.1) is 0 Å². The second-order valence-corrected chi connectivity index (χ2v) is 6.35. The third-order valence-corrected chi connectivity index (χ3v) is 4.41. The van der Waals surface area contributed by atoms with Crippen LogP contribution >= 0.6 is 0 Å². The fourth-order valence-corrected chi connectivity index (χ4v) is 3.09. The minimum Gasteiger partial charge on any atom is -0.481 e. The Morgan fingerprint density at radius 3 is 2.63 bits per heavy atom. The molecule has 2 rings (SSSR count). The number of nitrogens with zero attached hydrogens (tertiary/aromatic N) is 1. The standard InChI is InChI=1S/C14H23NO4/c1-9(2)11-10(4-7-19-11)12(16)15-6-5-14(3,8-15)13(17)18/h9-11H,4-8H2,1-3H3,(H,17,18). The highest BCUT2D eigenvalue weighted by Crippen LogP contribution is 2.34. The molecule has 0 aliphatic carbocycles. The van der Waals surface area contributed by atoms with Gasteiger partial charge in [-0.05, 0) is 25.7 Å². The van der Waals surface area contributed by atoms with Crippen LogP contribution in [0.25, 0.3) is 0 Å². The van der Waals surface area contributed by atoms with Gasteiger partial charge in [0.15, 0.2) is 0 Å². The van der Waals surface area contributed by atoms with Gasteiger partial charge >= 0.3 is 5.97 Å². The lowest BCUT2D eigenvalue weighted by Crippen LogP contribution is -2.41. The van der Waals surface area contributed by atoms with Gasteiger partial charge in [-0.2, -0.15) is 0 Å². The molecule has 5 heteroatoms. The van der Waals surface area contributed by atoms with E-state index in [9.17, 15) is 14.7 Å². The number of hydrogen-bond acceptors (Lipinski definition) is 3. The number of carboxylic acid groups (broad SMARTS) is 1. The van der Waals surface area contributed by atoms with Crippen LogP contribution in [0.4, 0.5) is 0 Å². The van der Waals surface area contributed by atoms with Crippen molar-refractivity contribution < 1.29 is 19.4 Å². The zero-order chi connectivity index (χ0) is 14.2. The van der Waals surface area contributed by atoms with Crippen LogP contribution < -0.4 is 0 Å². The first-order chi connectivity index (χ1) is 8.85. The molecule has 0 bridgehead atoms. The number of ether oxygens (including phenoxy) is 1. The van der Waals surface area contributed by atoms with Gasteiger partial charge in [0.25, 0.3) is 0 Å². The van der Waals surface area contributed by atoms with E-state index < -0.39 is 11.4 Å². The Morgan fingerprint density at radius 1 is 1.42 bits per heavy atom. The fourth-order valence-electron chi connectivity index (χ4n) is 3.09. The molecule has 2 fully saturated rings. The molecule has 2 heterocycles. The van der Waals surface area contributed by atoms with Gasteiger partial charge in [0.1, 0.15) is 0 Å². The molecule has 2 saturated heterocycles. The smallest absolute Gasteiger partial charge is 0.311 e. The van der Waals surface area contributed by atoms with E-state index in [1.165, 1.54) is 0 Å². The van der Waals surface area contributed by atoms with Gasteiger partial charge in [0.2, 0.25) is 5.91 Å². The number of rotatable bonds is 3. The molecule has 3 unspecified atom stereocenters. The van der Waals surface area contributed by atoms with Gasteiger partial charge < -0.3 is 14.7 Å². The second-order valence-electron chi connectivity index (χ2n) is 6.35. The number of carbonyl (C=O) groups is 2. The van der Waals surface area contributed by atoms with Crippen molar-refractivity contribution in [1.82, 2.24) is 4.90 Å². The predicted octanol–water partition coefficient (Wildman–Crippen LogP) is 1.37. The Balaban J connectivity index is 2.04. The SMILES string of the molecule is CC(C)C1OCCC1C(=O)N1CCC(C)(C(=O)O)C1. The summed E-state index contributed by atoms with van der Waals surface area (Å²) in [7, 11) is 0. The van der Waals surface area contributed by atoms with Gasteiger partial charge in [-0.25, -0.2) is 0 Å². The fraction of sp³-hybridized carbons (Fsp3) is 0.857. The predicted molar refractivity (Wildman–Crippen MR) is 69.6 cm³/mol. The Hall–Kier alpha value is -1.10. The summed E-state index contributed by atoms with van der Waals surface area (Å²) in [5.41, 5.74) is -0.789. The third-order valence-electron chi connectivity index (χ3n) is 4.41. The molecule has 0 aromatic heterocycles. The first-order valence-electron chi connectivity index (χ1n) is 6.99. The van der Waals surface area contributed by atoms with Crippen LogP contribution in [0.1, 0.15) is 33.6 Å². The second kappa shape index (κ2) is 5.12. The summed E-state index contributed by atoms with van der Waals surface area (Å²) in [6.45, 7) is 7.33. The lowest BCUT2D eigenvalue weighted by molar-refractivity contribution is -0.147. The minimum atomic E-state index is -0.814. The van der Waals surface area contributed by atoms with E-state index in [2.05, 4.69) is 13.8 Å². The summed E-state index contributed by atoms with van der Waals surface area (Å²) in [5.74, 6) is -0.534. The zero-order valence-electron chi connectivity index (χ0n) is 11.9. The Labute approximate surface area is 113 Å². The molecule has 0 aromatic carbocycles. The number of carboxylic acids is 1. The Bertz CT molecular complexity index is 382. The molecule has 0 saturated carbocycles. The molecule has 0 aromatic rings. The van der Waals surface area contributed by atoms with Crippen LogP contribution in [-0.4, -0.2) is 47.7 Å². The molecule has 5 nitrogen and oxygen atoms in total. The van der Waals surface area contributed by atoms with Crippen LogP contribution in [0, 0.1) is 17.3 Å². The van der Waals surface area contributed by atoms with Crippen LogP contribution in [0.3, 0.4) is 0 Å². The topological polar surface area (TPSA) is 66.8 Å². The average molecular weight is 269 g/mol. The summed E-state index contributed by atoms with van der Waals surface area (Å²) < 4.78 is 5.64. The average Bonchev–Trinajstić information content (AvgIpc) is 2.95. The molecule has 108 valence electrons. The summed E-state index contributed by atoms with van der Waals surface area (Å²) in [6.07, 6.45) is 1.26. The quantitative estimate of drug-likeness (QED) is 0.840. The minimum absolute atomic E-state index is 0.0239. The van der Waals surface area contributed by atoms with E-state index in [0.717, 1.165) is 6.42 Å². The van der Waals surface area contributed by atoms with Crippen LogP contribution in [0.15, 0.2) is 0 Å². The highest BCUT2D eigenvalue weighted by atomic mass is 16.5. The van der Waals surface area contributed by atoms with Crippen molar-refractivity contribution in [3.8, 4) is 0 Å². The molecular formula is C14H23NO4. The summed E-state index contributed by atoms with van der Waals surface area (Å²) >= 11 is 0. The van der Waals surface area contributed by atoms with Crippen molar-refractivity contribution in [3.05, 3.63) is 0 Å². The first-order valence-corrected chi connectivity index (χ1v) is 6.99. The maximum absolute atomic E-state index is 12.5. The number of hydrogen-bond donors (Lipinski definition) is 1. The van der Waals surface area contributed by atoms with E-state index in [1.807, 2.05) is 0 Å².